The van der Waals surface area contributed by atoms with E-state index in [0.29, 0.717) is 25.7 Å². The summed E-state index contributed by atoms with van der Waals surface area (Å²) in [6.45, 7) is 0. The van der Waals surface area contributed by atoms with E-state index in [1.54, 1.807) is 0 Å². The molecule has 1 fully saturated rings. The molecule has 0 atom stereocenters. The molecule has 0 unspecified atom stereocenters. The van der Waals surface area contributed by atoms with E-state index in [9.17, 15) is 27.6 Å². The molecule has 3 amide bonds. The van der Waals surface area contributed by atoms with Gasteiger partial charge in [-0.15, -0.1) is 0 Å². The largest absolute Gasteiger partial charge is 0.416 e. The Morgan fingerprint density at radius 1 is 0.879 bits per heavy atom. The van der Waals surface area contributed by atoms with Crippen molar-refractivity contribution in [2.45, 2.75) is 37.9 Å². The average molecular weight is 520 g/mol. The number of anilines is 1. The molecule has 1 aliphatic carbocycles. The molecule has 2 aromatic carbocycles. The Balaban J connectivity index is 1.42. The lowest BCUT2D eigenvalue weighted by Gasteiger charge is -2.33. The van der Waals surface area contributed by atoms with Crippen molar-refractivity contribution in [2.24, 2.45) is 5.92 Å². The molecule has 33 heavy (non-hydrogen) atoms. The van der Waals surface area contributed by atoms with Gasteiger partial charge in [0, 0.05) is 12.0 Å². The van der Waals surface area contributed by atoms with Gasteiger partial charge in [-0.25, -0.2) is 0 Å². The predicted molar refractivity (Wildman–Crippen MR) is 118 cm³/mol. The van der Waals surface area contributed by atoms with Crippen molar-refractivity contribution in [3.63, 3.8) is 0 Å². The fraction of sp³-hybridized carbons (Fsp3) is 0.318. The van der Waals surface area contributed by atoms with Crippen molar-refractivity contribution in [2.75, 3.05) is 5.32 Å². The van der Waals surface area contributed by atoms with Crippen molar-refractivity contribution < 1.29 is 27.6 Å². The first-order valence-corrected chi connectivity index (χ1v) is 11.1. The second kappa shape index (κ2) is 8.81. The average Bonchev–Trinajstić information content (AvgIpc) is 2.99. The van der Waals surface area contributed by atoms with E-state index < -0.39 is 41.4 Å². The van der Waals surface area contributed by atoms with E-state index in [1.807, 2.05) is 0 Å². The number of nitrogens with zero attached hydrogens (tertiary/aromatic N) is 1. The normalized spacial score (nSPS) is 20.7. The monoisotopic (exact) mass is 518 g/mol. The van der Waals surface area contributed by atoms with E-state index in [4.69, 9.17) is 34.8 Å². The summed E-state index contributed by atoms with van der Waals surface area (Å²) in [6.07, 6.45) is -3.12. The van der Waals surface area contributed by atoms with Crippen LogP contribution < -0.4 is 5.32 Å². The summed E-state index contributed by atoms with van der Waals surface area (Å²) in [5.74, 6) is -1.88. The first-order valence-electron chi connectivity index (χ1n) is 10.0. The molecule has 0 radical (unpaired) electrons. The SMILES string of the molecule is O=C(Nc1cc(C(F)(F)F)ccc1Cl)C1CCC(N2C(=O)c3cc(Cl)c(Cl)cc3C2=O)CC1. The molecule has 0 spiro atoms. The van der Waals surface area contributed by atoms with Gasteiger partial charge < -0.3 is 5.32 Å². The molecule has 5 nitrogen and oxygen atoms in total. The number of hydrogen-bond donors (Lipinski definition) is 1. The summed E-state index contributed by atoms with van der Waals surface area (Å²) < 4.78 is 38.9. The van der Waals surface area contributed by atoms with Crippen molar-refractivity contribution in [3.8, 4) is 0 Å². The molecule has 2 aromatic rings. The molecule has 11 heteroatoms. The Hall–Kier alpha value is -2.29. The van der Waals surface area contributed by atoms with Crippen LogP contribution in [0.1, 0.15) is 52.0 Å². The van der Waals surface area contributed by atoms with Crippen LogP contribution in [-0.4, -0.2) is 28.7 Å². The van der Waals surface area contributed by atoms with Gasteiger partial charge in [0.05, 0.1) is 37.4 Å². The highest BCUT2D eigenvalue weighted by Crippen LogP contribution is 2.38. The highest BCUT2D eigenvalue weighted by Gasteiger charge is 2.42. The lowest BCUT2D eigenvalue weighted by Crippen LogP contribution is -2.43. The summed E-state index contributed by atoms with van der Waals surface area (Å²) in [7, 11) is 0. The van der Waals surface area contributed by atoms with Crippen LogP contribution in [0.3, 0.4) is 0 Å². The van der Waals surface area contributed by atoms with Crippen LogP contribution in [0.4, 0.5) is 18.9 Å². The third-order valence-corrected chi connectivity index (χ3v) is 6.99. The van der Waals surface area contributed by atoms with Gasteiger partial charge in [0.15, 0.2) is 0 Å². The third kappa shape index (κ3) is 4.56. The number of benzene rings is 2. The molecule has 1 N–H and O–H groups in total. The van der Waals surface area contributed by atoms with E-state index in [0.717, 1.165) is 18.2 Å². The topological polar surface area (TPSA) is 66.5 Å². The van der Waals surface area contributed by atoms with Crippen molar-refractivity contribution >= 4 is 58.2 Å². The Bertz CT molecular complexity index is 1120. The standard InChI is InChI=1S/C22H16Cl3F3N2O3/c23-15-6-3-11(22(26,27)28)7-18(15)29-19(31)10-1-4-12(5-2-10)30-20(32)13-8-16(24)17(25)9-14(13)21(30)33/h3,6-10,12H,1-2,4-5H2,(H,29,31). The highest BCUT2D eigenvalue weighted by molar-refractivity contribution is 6.43. The Kier molecular flexibility index (Phi) is 6.37. The van der Waals surface area contributed by atoms with Crippen molar-refractivity contribution in [3.05, 3.63) is 62.1 Å². The molecule has 2 aliphatic rings. The van der Waals surface area contributed by atoms with Gasteiger partial charge in [-0.05, 0) is 56.0 Å². The number of imide groups is 1. The number of nitrogens with one attached hydrogen (secondary N) is 1. The zero-order valence-corrected chi connectivity index (χ0v) is 19.1. The number of alkyl halides is 3. The lowest BCUT2D eigenvalue weighted by molar-refractivity contribution is -0.137. The summed E-state index contributed by atoms with van der Waals surface area (Å²) in [5, 5.41) is 2.81. The lowest BCUT2D eigenvalue weighted by atomic mass is 9.84. The van der Waals surface area contributed by atoms with Crippen LogP contribution in [-0.2, 0) is 11.0 Å². The Morgan fingerprint density at radius 2 is 1.42 bits per heavy atom. The molecule has 1 aliphatic heterocycles. The first kappa shape index (κ1) is 23.9. The molecule has 1 saturated carbocycles. The van der Waals surface area contributed by atoms with Gasteiger partial charge >= 0.3 is 6.18 Å². The van der Waals surface area contributed by atoms with Gasteiger partial charge in [-0.2, -0.15) is 13.2 Å². The zero-order chi connectivity index (χ0) is 24.1. The Labute approximate surface area is 201 Å². The second-order valence-corrected chi connectivity index (χ2v) is 9.20. The van der Waals surface area contributed by atoms with E-state index >= 15 is 0 Å². The molecule has 0 saturated heterocycles. The molecule has 0 bridgehead atoms. The minimum Gasteiger partial charge on any atom is -0.325 e. The molecule has 1 heterocycles. The molecule has 4 rings (SSSR count). The second-order valence-electron chi connectivity index (χ2n) is 7.98. The van der Waals surface area contributed by atoms with Crippen molar-refractivity contribution in [1.82, 2.24) is 4.90 Å². The number of carbonyl (C=O) groups is 3. The molecular weight excluding hydrogens is 504 g/mol. The van der Waals surface area contributed by atoms with E-state index in [-0.39, 0.29) is 31.9 Å². The van der Waals surface area contributed by atoms with Crippen LogP contribution in [0.25, 0.3) is 0 Å². The maximum Gasteiger partial charge on any atom is 0.416 e. The fourth-order valence-corrected chi connectivity index (χ4v) is 4.70. The van der Waals surface area contributed by atoms with Gasteiger partial charge in [0.25, 0.3) is 11.8 Å². The van der Waals surface area contributed by atoms with Crippen LogP contribution >= 0.6 is 34.8 Å². The number of amides is 3. The fourth-order valence-electron chi connectivity index (χ4n) is 4.21. The third-order valence-electron chi connectivity index (χ3n) is 5.94. The van der Waals surface area contributed by atoms with Gasteiger partial charge in [0.1, 0.15) is 0 Å². The number of fused-ring (bicyclic) bond motifs is 1. The maximum atomic E-state index is 13.0. The minimum atomic E-state index is -4.57. The first-order chi connectivity index (χ1) is 15.5. The van der Waals surface area contributed by atoms with Gasteiger partial charge in [-0.1, -0.05) is 34.8 Å². The van der Waals surface area contributed by atoms with Crippen LogP contribution in [0.2, 0.25) is 15.1 Å². The number of halogens is 6. The summed E-state index contributed by atoms with van der Waals surface area (Å²) in [6, 6.07) is 5.05. The molecular formula is C22H16Cl3F3N2O3. The number of carbonyl (C=O) groups excluding carboxylic acids is 3. The van der Waals surface area contributed by atoms with E-state index in [1.165, 1.54) is 17.0 Å². The van der Waals surface area contributed by atoms with Crippen LogP contribution in [0, 0.1) is 5.92 Å². The summed E-state index contributed by atoms with van der Waals surface area (Å²) in [5.41, 5.74) is -0.661. The zero-order valence-electron chi connectivity index (χ0n) is 16.8. The van der Waals surface area contributed by atoms with Gasteiger partial charge in [0.2, 0.25) is 5.91 Å². The maximum absolute atomic E-state index is 13.0. The molecule has 174 valence electrons. The quantitative estimate of drug-likeness (QED) is 0.473. The predicted octanol–water partition coefficient (Wildman–Crippen LogP) is 6.46. The Morgan fingerprint density at radius 3 is 1.94 bits per heavy atom. The van der Waals surface area contributed by atoms with Crippen LogP contribution in [0.5, 0.6) is 0 Å². The highest BCUT2D eigenvalue weighted by atomic mass is 35.5. The smallest absolute Gasteiger partial charge is 0.325 e. The van der Waals surface area contributed by atoms with Crippen molar-refractivity contribution in [1.29, 1.82) is 0 Å². The summed E-state index contributed by atoms with van der Waals surface area (Å²) in [4.78, 5) is 39.4. The van der Waals surface area contributed by atoms with Crippen LogP contribution in [0.15, 0.2) is 30.3 Å². The van der Waals surface area contributed by atoms with E-state index in [2.05, 4.69) is 5.32 Å². The number of rotatable bonds is 3. The van der Waals surface area contributed by atoms with Gasteiger partial charge in [-0.3, -0.25) is 19.3 Å². The molecule has 0 aromatic heterocycles. The minimum absolute atomic E-state index is 0.00613. The summed E-state index contributed by atoms with van der Waals surface area (Å²) >= 11 is 17.9. The number of hydrogen-bond acceptors (Lipinski definition) is 3.